The quantitative estimate of drug-likeness (QED) is 0.410. The lowest BCUT2D eigenvalue weighted by Crippen LogP contribution is -2.34. The van der Waals surface area contributed by atoms with Crippen molar-refractivity contribution in [3.63, 3.8) is 0 Å². The maximum absolute atomic E-state index is 11.0. The first kappa shape index (κ1) is 8.99. The van der Waals surface area contributed by atoms with Crippen molar-refractivity contribution >= 4 is 21.9 Å². The molecule has 0 saturated carbocycles. The molecule has 0 aliphatic rings. The highest BCUT2D eigenvalue weighted by Gasteiger charge is 2.16. The van der Waals surface area contributed by atoms with Crippen molar-refractivity contribution in [3.05, 3.63) is 33.7 Å². The predicted molar refractivity (Wildman–Crippen MR) is 44.4 cm³/mol. The molecule has 1 aromatic rings. The summed E-state index contributed by atoms with van der Waals surface area (Å²) in [4.78, 5) is 10.9. The molecule has 4 nitrogen and oxygen atoms in total. The van der Waals surface area contributed by atoms with E-state index in [-0.39, 0.29) is 5.69 Å². The Bertz CT molecular complexity index is 314. The Morgan fingerprint density at radius 1 is 1.75 bits per heavy atom. The molecule has 0 fully saturated rings. The van der Waals surface area contributed by atoms with Gasteiger partial charge in [-0.2, -0.15) is 4.73 Å². The second kappa shape index (κ2) is 3.53. The van der Waals surface area contributed by atoms with Gasteiger partial charge in [-0.25, -0.2) is 4.79 Å². The Hall–Kier alpha value is -1.10. The zero-order valence-electron chi connectivity index (χ0n) is 6.28. The van der Waals surface area contributed by atoms with Crippen LogP contribution in [0.15, 0.2) is 22.8 Å². The molecule has 0 N–H and O–H groups in total. The highest BCUT2D eigenvalue weighted by atomic mass is 79.9. The summed E-state index contributed by atoms with van der Waals surface area (Å²) in [6.45, 7) is 0. The molecule has 0 bridgehead atoms. The molecule has 5 heteroatoms. The zero-order chi connectivity index (χ0) is 9.14. The van der Waals surface area contributed by atoms with Crippen LogP contribution < -0.4 is 4.73 Å². The van der Waals surface area contributed by atoms with Crippen LogP contribution in [0.4, 0.5) is 0 Å². The minimum atomic E-state index is -0.647. The van der Waals surface area contributed by atoms with Crippen LogP contribution >= 0.6 is 15.9 Å². The van der Waals surface area contributed by atoms with E-state index in [1.165, 1.54) is 19.4 Å². The number of carbonyl (C=O) groups excluding carboxylic acids is 1. The summed E-state index contributed by atoms with van der Waals surface area (Å²) in [5.74, 6) is -0.647. The lowest BCUT2D eigenvalue weighted by atomic mass is 10.3. The summed E-state index contributed by atoms with van der Waals surface area (Å²) in [6, 6.07) is 2.94. The number of hydrogen-bond acceptors (Lipinski definition) is 3. The fraction of sp³-hybridized carbons (Fsp3) is 0.143. The van der Waals surface area contributed by atoms with Gasteiger partial charge in [0.05, 0.1) is 7.11 Å². The molecular weight excluding hydrogens is 226 g/mol. The third kappa shape index (κ3) is 1.73. The number of ether oxygens (including phenoxy) is 1. The number of methoxy groups -OCH3 is 1. The van der Waals surface area contributed by atoms with E-state index in [1.807, 2.05) is 0 Å². The highest BCUT2D eigenvalue weighted by Crippen LogP contribution is 2.08. The smallest absolute Gasteiger partial charge is 0.404 e. The fourth-order valence-electron chi connectivity index (χ4n) is 0.715. The minimum Gasteiger partial charge on any atom is -0.618 e. The number of carbonyl (C=O) groups is 1. The largest absolute Gasteiger partial charge is 0.618 e. The van der Waals surface area contributed by atoms with Gasteiger partial charge in [0, 0.05) is 16.6 Å². The van der Waals surface area contributed by atoms with Crippen molar-refractivity contribution in [1.82, 2.24) is 0 Å². The second-order valence-corrected chi connectivity index (χ2v) is 2.96. The summed E-state index contributed by atoms with van der Waals surface area (Å²) in [6.07, 6.45) is 1.23. The van der Waals surface area contributed by atoms with Crippen molar-refractivity contribution in [2.45, 2.75) is 0 Å². The van der Waals surface area contributed by atoms with Crippen molar-refractivity contribution in [1.29, 1.82) is 0 Å². The molecule has 12 heavy (non-hydrogen) atoms. The molecular formula is C7H6BrNO3. The molecule has 0 atom stereocenters. The molecule has 0 spiro atoms. The van der Waals surface area contributed by atoms with E-state index >= 15 is 0 Å². The maximum atomic E-state index is 11.0. The van der Waals surface area contributed by atoms with Crippen LogP contribution in [-0.4, -0.2) is 13.1 Å². The number of rotatable bonds is 1. The average molecular weight is 232 g/mol. The average Bonchev–Trinajstić information content (AvgIpc) is 2.08. The van der Waals surface area contributed by atoms with Crippen LogP contribution in [0, 0.1) is 5.21 Å². The number of halogens is 1. The Morgan fingerprint density at radius 3 is 3.00 bits per heavy atom. The SMILES string of the molecule is COC(=O)c1cc(Br)cc[n+]1[O-]. The van der Waals surface area contributed by atoms with Gasteiger partial charge in [-0.1, -0.05) is 15.9 Å². The summed E-state index contributed by atoms with van der Waals surface area (Å²) >= 11 is 3.13. The Balaban J connectivity index is 3.13. The molecule has 0 unspecified atom stereocenters. The number of pyridine rings is 1. The lowest BCUT2D eigenvalue weighted by molar-refractivity contribution is -0.608. The van der Waals surface area contributed by atoms with Crippen LogP contribution in [-0.2, 0) is 4.74 Å². The number of nitrogens with zero attached hydrogens (tertiary/aromatic N) is 1. The van der Waals surface area contributed by atoms with Crippen LogP contribution in [0.25, 0.3) is 0 Å². The Kier molecular flexibility index (Phi) is 2.65. The zero-order valence-corrected chi connectivity index (χ0v) is 7.87. The molecule has 0 saturated heterocycles. The van der Waals surface area contributed by atoms with Gasteiger partial charge >= 0.3 is 11.7 Å². The summed E-state index contributed by atoms with van der Waals surface area (Å²) in [5, 5.41) is 11.0. The first-order chi connectivity index (χ1) is 5.65. The van der Waals surface area contributed by atoms with Crippen LogP contribution in [0.2, 0.25) is 0 Å². The van der Waals surface area contributed by atoms with Crippen LogP contribution in [0.1, 0.15) is 10.5 Å². The second-order valence-electron chi connectivity index (χ2n) is 2.05. The first-order valence-corrected chi connectivity index (χ1v) is 3.91. The molecule has 0 aliphatic heterocycles. The van der Waals surface area contributed by atoms with Gasteiger partial charge in [0.2, 0.25) is 0 Å². The lowest BCUT2D eigenvalue weighted by Gasteiger charge is -2.01. The third-order valence-corrected chi connectivity index (χ3v) is 1.77. The van der Waals surface area contributed by atoms with Crippen molar-refractivity contribution in [3.8, 4) is 0 Å². The monoisotopic (exact) mass is 231 g/mol. The molecule has 1 aromatic heterocycles. The van der Waals surface area contributed by atoms with Crippen LogP contribution in [0.3, 0.4) is 0 Å². The van der Waals surface area contributed by atoms with E-state index < -0.39 is 5.97 Å². The summed E-state index contributed by atoms with van der Waals surface area (Å²) in [7, 11) is 1.23. The van der Waals surface area contributed by atoms with Gasteiger partial charge in [0.1, 0.15) is 0 Å². The molecule has 64 valence electrons. The molecule has 0 amide bonds. The third-order valence-electron chi connectivity index (χ3n) is 1.28. The predicted octanol–water partition coefficient (Wildman–Crippen LogP) is 0.869. The van der Waals surface area contributed by atoms with E-state index in [0.717, 1.165) is 0 Å². The van der Waals surface area contributed by atoms with E-state index in [2.05, 4.69) is 20.7 Å². The summed E-state index contributed by atoms with van der Waals surface area (Å²) < 4.78 is 5.51. The van der Waals surface area contributed by atoms with E-state index in [1.54, 1.807) is 6.07 Å². The summed E-state index contributed by atoms with van der Waals surface area (Å²) in [5.41, 5.74) is -0.0353. The van der Waals surface area contributed by atoms with Crippen LogP contribution in [0.5, 0.6) is 0 Å². The van der Waals surface area contributed by atoms with Gasteiger partial charge in [0.25, 0.3) is 0 Å². The minimum absolute atomic E-state index is 0.0353. The molecule has 1 rings (SSSR count). The number of esters is 1. The van der Waals surface area contributed by atoms with Crippen molar-refractivity contribution < 1.29 is 14.3 Å². The van der Waals surface area contributed by atoms with Gasteiger partial charge in [0.15, 0.2) is 6.20 Å². The van der Waals surface area contributed by atoms with Crippen molar-refractivity contribution in [2.24, 2.45) is 0 Å². The normalized spacial score (nSPS) is 9.50. The first-order valence-electron chi connectivity index (χ1n) is 3.12. The molecule has 1 heterocycles. The highest BCUT2D eigenvalue weighted by molar-refractivity contribution is 9.10. The van der Waals surface area contributed by atoms with E-state index in [9.17, 15) is 10.0 Å². The van der Waals surface area contributed by atoms with Gasteiger partial charge in [-0.15, -0.1) is 0 Å². The Morgan fingerprint density at radius 2 is 2.42 bits per heavy atom. The van der Waals surface area contributed by atoms with Gasteiger partial charge in [-0.05, 0) is 0 Å². The number of hydrogen-bond donors (Lipinski definition) is 0. The van der Waals surface area contributed by atoms with E-state index in [4.69, 9.17) is 0 Å². The standard InChI is InChI=1S/C7H6BrNO3/c1-12-7(10)6-4-5(8)2-3-9(6)11/h2-4H,1H3. The molecule has 0 aliphatic carbocycles. The molecule has 0 radical (unpaired) electrons. The fourth-order valence-corrected chi connectivity index (χ4v) is 1.05. The maximum Gasteiger partial charge on any atom is 0.404 e. The number of aromatic nitrogens is 1. The van der Waals surface area contributed by atoms with Gasteiger partial charge < -0.3 is 9.94 Å². The Labute approximate surface area is 77.5 Å². The topological polar surface area (TPSA) is 53.2 Å². The molecule has 0 aromatic carbocycles. The van der Waals surface area contributed by atoms with Crippen molar-refractivity contribution in [2.75, 3.05) is 7.11 Å². The van der Waals surface area contributed by atoms with E-state index in [0.29, 0.717) is 9.20 Å². The van der Waals surface area contributed by atoms with Gasteiger partial charge in [-0.3, -0.25) is 0 Å².